The summed E-state index contributed by atoms with van der Waals surface area (Å²) in [5, 5.41) is 6.94. The molecule has 1 saturated heterocycles. The van der Waals surface area contributed by atoms with Gasteiger partial charge < -0.3 is 19.8 Å². The number of nitrogens with zero attached hydrogens (tertiary/aromatic N) is 2. The number of rotatable bonds is 8. The molecule has 2 N–H and O–H groups in total. The quantitative estimate of drug-likeness (QED) is 0.521. The first kappa shape index (κ1) is 22.1. The minimum absolute atomic E-state index is 0.105. The van der Waals surface area contributed by atoms with E-state index >= 15 is 0 Å². The summed E-state index contributed by atoms with van der Waals surface area (Å²) in [5.74, 6) is 0.560. The summed E-state index contributed by atoms with van der Waals surface area (Å²) < 4.78 is 11.4. The van der Waals surface area contributed by atoms with E-state index in [4.69, 9.17) is 21.1 Å². The highest BCUT2D eigenvalue weighted by Gasteiger charge is 2.21. The molecule has 1 aromatic carbocycles. The van der Waals surface area contributed by atoms with Gasteiger partial charge in [-0.25, -0.2) is 4.98 Å². The molecule has 1 atom stereocenters. The van der Waals surface area contributed by atoms with E-state index in [-0.39, 0.29) is 11.5 Å². The number of H-pyrrole nitrogens is 1. The summed E-state index contributed by atoms with van der Waals surface area (Å²) in [4.78, 5) is 22.9. The highest BCUT2D eigenvalue weighted by Crippen LogP contribution is 2.32. The number of benzene rings is 1. The lowest BCUT2D eigenvalue weighted by Gasteiger charge is -2.16. The molecule has 9 heteroatoms. The smallest absolute Gasteiger partial charge is 0.190 e. The molecule has 3 aromatic rings. The summed E-state index contributed by atoms with van der Waals surface area (Å²) in [7, 11) is 1.75. The van der Waals surface area contributed by atoms with Crippen molar-refractivity contribution in [3.63, 3.8) is 0 Å². The number of fused-ring (bicyclic) bond motifs is 1. The Kier molecular flexibility index (Phi) is 6.81. The predicted octanol–water partition coefficient (Wildman–Crippen LogP) is 4.22. The van der Waals surface area contributed by atoms with Gasteiger partial charge in [0.25, 0.3) is 0 Å². The SMILES string of the molecule is CO[C@@H]1CCN(CCOc2ccc3c(=O)cc(-c4csc(NC(C)C)n4)[nH]c3c2Cl)C1. The minimum Gasteiger partial charge on any atom is -0.491 e. The Bertz CT molecular complexity index is 1110. The molecule has 2 aromatic heterocycles. The Labute approximate surface area is 190 Å². The zero-order valence-electron chi connectivity index (χ0n) is 17.9. The number of thiazole rings is 1. The topological polar surface area (TPSA) is 79.5 Å². The van der Waals surface area contributed by atoms with Crippen LogP contribution >= 0.6 is 22.9 Å². The van der Waals surface area contributed by atoms with Gasteiger partial charge in [0.2, 0.25) is 0 Å². The van der Waals surface area contributed by atoms with Gasteiger partial charge in [-0.1, -0.05) is 11.6 Å². The van der Waals surface area contributed by atoms with Crippen LogP contribution in [0.3, 0.4) is 0 Å². The van der Waals surface area contributed by atoms with Crippen LogP contribution in [-0.2, 0) is 4.74 Å². The van der Waals surface area contributed by atoms with E-state index in [9.17, 15) is 4.79 Å². The van der Waals surface area contributed by atoms with Crippen LogP contribution in [0.5, 0.6) is 5.75 Å². The van der Waals surface area contributed by atoms with E-state index < -0.39 is 0 Å². The largest absolute Gasteiger partial charge is 0.491 e. The maximum Gasteiger partial charge on any atom is 0.190 e. The monoisotopic (exact) mass is 462 g/mol. The molecule has 0 radical (unpaired) electrons. The van der Waals surface area contributed by atoms with E-state index in [0.717, 1.165) is 31.2 Å². The summed E-state index contributed by atoms with van der Waals surface area (Å²) in [6, 6.07) is 5.36. The second-order valence-corrected chi connectivity index (χ2v) is 9.22. The Morgan fingerprint density at radius 2 is 2.26 bits per heavy atom. The maximum atomic E-state index is 12.7. The van der Waals surface area contributed by atoms with E-state index in [1.807, 2.05) is 5.38 Å². The lowest BCUT2D eigenvalue weighted by Crippen LogP contribution is -2.27. The fraction of sp³-hybridized carbons (Fsp3) is 0.455. The molecule has 0 unspecified atom stereocenters. The van der Waals surface area contributed by atoms with Gasteiger partial charge in [-0.05, 0) is 32.4 Å². The summed E-state index contributed by atoms with van der Waals surface area (Å²) in [5.41, 5.74) is 1.79. The van der Waals surface area contributed by atoms with Crippen LogP contribution in [0.15, 0.2) is 28.4 Å². The van der Waals surface area contributed by atoms with E-state index in [0.29, 0.717) is 45.8 Å². The number of hydrogen-bond donors (Lipinski definition) is 2. The van der Waals surface area contributed by atoms with Crippen molar-refractivity contribution >= 4 is 39.0 Å². The number of methoxy groups -OCH3 is 1. The molecule has 7 nitrogen and oxygen atoms in total. The molecular formula is C22H27ClN4O3S. The Balaban J connectivity index is 1.53. The van der Waals surface area contributed by atoms with E-state index in [1.165, 1.54) is 11.3 Å². The van der Waals surface area contributed by atoms with Crippen molar-refractivity contribution in [2.75, 3.05) is 38.7 Å². The number of hydrogen-bond acceptors (Lipinski definition) is 7. The third kappa shape index (κ3) is 5.03. The van der Waals surface area contributed by atoms with Crippen molar-refractivity contribution in [3.8, 4) is 17.1 Å². The molecule has 1 fully saturated rings. The van der Waals surface area contributed by atoms with Crippen molar-refractivity contribution in [1.82, 2.24) is 14.9 Å². The highest BCUT2D eigenvalue weighted by atomic mass is 35.5. The van der Waals surface area contributed by atoms with Gasteiger partial charge in [-0.3, -0.25) is 9.69 Å². The van der Waals surface area contributed by atoms with Crippen molar-refractivity contribution in [2.24, 2.45) is 0 Å². The van der Waals surface area contributed by atoms with Crippen LogP contribution in [0.2, 0.25) is 5.02 Å². The molecule has 31 heavy (non-hydrogen) atoms. The lowest BCUT2D eigenvalue weighted by atomic mass is 10.1. The Hall–Kier alpha value is -2.13. The predicted molar refractivity (Wildman–Crippen MR) is 127 cm³/mol. The molecule has 0 spiro atoms. The van der Waals surface area contributed by atoms with Crippen molar-refractivity contribution in [2.45, 2.75) is 32.4 Å². The molecule has 0 bridgehead atoms. The van der Waals surface area contributed by atoms with Crippen LogP contribution in [0.4, 0.5) is 5.13 Å². The van der Waals surface area contributed by atoms with Crippen molar-refractivity contribution < 1.29 is 9.47 Å². The third-order valence-electron chi connectivity index (χ3n) is 5.33. The van der Waals surface area contributed by atoms with Crippen LogP contribution in [-0.4, -0.2) is 60.4 Å². The lowest BCUT2D eigenvalue weighted by molar-refractivity contribution is 0.106. The normalized spacial score (nSPS) is 17.0. The second-order valence-electron chi connectivity index (χ2n) is 7.98. The van der Waals surface area contributed by atoms with Crippen LogP contribution < -0.4 is 15.5 Å². The van der Waals surface area contributed by atoms with Gasteiger partial charge in [0.15, 0.2) is 10.6 Å². The fourth-order valence-electron chi connectivity index (χ4n) is 3.70. The summed E-state index contributed by atoms with van der Waals surface area (Å²) >= 11 is 8.13. The molecule has 0 aliphatic carbocycles. The standard InChI is InChI=1S/C22H27ClN4O3S/c1-13(2)24-22-26-17(12-31-22)16-10-18(28)15-4-5-19(20(23)21(15)25-16)30-9-8-27-7-6-14(11-27)29-3/h4-5,10,12-14H,6-9,11H2,1-3H3,(H,24,26)(H,25,28)/t14-/m1/s1. The molecular weight excluding hydrogens is 436 g/mol. The molecule has 4 rings (SSSR count). The van der Waals surface area contributed by atoms with Crippen LogP contribution in [0.25, 0.3) is 22.3 Å². The van der Waals surface area contributed by atoms with Gasteiger partial charge in [0, 0.05) is 49.6 Å². The van der Waals surface area contributed by atoms with E-state index in [1.54, 1.807) is 25.3 Å². The number of likely N-dealkylation sites (tertiary alicyclic amines) is 1. The number of nitrogens with one attached hydrogen (secondary N) is 2. The van der Waals surface area contributed by atoms with Crippen molar-refractivity contribution in [3.05, 3.63) is 38.8 Å². The fourth-order valence-corrected chi connectivity index (χ4v) is 4.83. The van der Waals surface area contributed by atoms with Gasteiger partial charge in [0.1, 0.15) is 17.4 Å². The molecule has 166 valence electrons. The molecule has 0 amide bonds. The number of ether oxygens (including phenoxy) is 2. The summed E-state index contributed by atoms with van der Waals surface area (Å²) in [6.07, 6.45) is 1.34. The first-order chi connectivity index (χ1) is 14.9. The molecule has 3 heterocycles. The third-order valence-corrected chi connectivity index (χ3v) is 6.48. The van der Waals surface area contributed by atoms with Crippen LogP contribution in [0, 0.1) is 0 Å². The Morgan fingerprint density at radius 3 is 3.00 bits per heavy atom. The van der Waals surface area contributed by atoms with Gasteiger partial charge in [-0.2, -0.15) is 0 Å². The molecule has 1 aliphatic rings. The maximum absolute atomic E-state index is 12.7. The molecule has 0 saturated carbocycles. The van der Waals surface area contributed by atoms with Gasteiger partial charge in [0.05, 0.1) is 23.0 Å². The van der Waals surface area contributed by atoms with Crippen molar-refractivity contribution in [1.29, 1.82) is 0 Å². The number of anilines is 1. The zero-order chi connectivity index (χ0) is 22.0. The highest BCUT2D eigenvalue weighted by molar-refractivity contribution is 7.14. The number of aromatic nitrogens is 2. The van der Waals surface area contributed by atoms with Gasteiger partial charge in [-0.15, -0.1) is 11.3 Å². The Morgan fingerprint density at radius 1 is 1.42 bits per heavy atom. The average molecular weight is 463 g/mol. The number of pyridine rings is 1. The number of halogens is 1. The minimum atomic E-state index is -0.105. The summed E-state index contributed by atoms with van der Waals surface area (Å²) in [6.45, 7) is 7.35. The second kappa shape index (κ2) is 9.56. The van der Waals surface area contributed by atoms with Crippen LogP contribution in [0.1, 0.15) is 20.3 Å². The first-order valence-corrected chi connectivity index (χ1v) is 11.7. The van der Waals surface area contributed by atoms with E-state index in [2.05, 4.69) is 34.0 Å². The zero-order valence-corrected chi connectivity index (χ0v) is 19.5. The average Bonchev–Trinajstić information content (AvgIpc) is 3.39. The number of aromatic amines is 1. The first-order valence-electron chi connectivity index (χ1n) is 10.4. The molecule has 1 aliphatic heterocycles. The van der Waals surface area contributed by atoms with Gasteiger partial charge >= 0.3 is 0 Å².